The normalized spacial score (nSPS) is 12.8. The summed E-state index contributed by atoms with van der Waals surface area (Å²) in [5, 5.41) is 21.3. The molecular weight excluding hydrogens is 426 g/mol. The average molecular weight is 458 g/mol. The summed E-state index contributed by atoms with van der Waals surface area (Å²) in [4.78, 5) is 16.4. The molecule has 5 heteroatoms. The van der Waals surface area contributed by atoms with Gasteiger partial charge >= 0.3 is 5.97 Å². The molecule has 0 saturated heterocycles. The second-order valence-electron chi connectivity index (χ2n) is 9.92. The van der Waals surface area contributed by atoms with Gasteiger partial charge in [0.25, 0.3) is 0 Å². The van der Waals surface area contributed by atoms with Crippen molar-refractivity contribution in [3.05, 3.63) is 70.9 Å². The van der Waals surface area contributed by atoms with E-state index in [2.05, 4.69) is 31.2 Å². The first-order chi connectivity index (χ1) is 16.0. The number of aryl methyl sites for hydroxylation is 2. The number of aromatic nitrogens is 1. The Morgan fingerprint density at radius 2 is 1.82 bits per heavy atom. The van der Waals surface area contributed by atoms with Crippen molar-refractivity contribution in [2.75, 3.05) is 6.61 Å². The summed E-state index contributed by atoms with van der Waals surface area (Å²) in [5.74, 6) is 0.0190. The first-order valence-corrected chi connectivity index (χ1v) is 11.5. The Labute approximate surface area is 200 Å². The zero-order chi connectivity index (χ0) is 24.6. The van der Waals surface area contributed by atoms with Crippen LogP contribution in [0.15, 0.2) is 48.7 Å². The lowest BCUT2D eigenvalue weighted by Gasteiger charge is -2.21. The highest BCUT2D eigenvalue weighted by atomic mass is 16.5. The van der Waals surface area contributed by atoms with E-state index in [0.717, 1.165) is 56.1 Å². The van der Waals surface area contributed by atoms with Crippen LogP contribution < -0.4 is 4.74 Å². The Kier molecular flexibility index (Phi) is 6.32. The van der Waals surface area contributed by atoms with Gasteiger partial charge in [0, 0.05) is 23.6 Å². The van der Waals surface area contributed by atoms with E-state index in [1.165, 1.54) is 11.1 Å². The third kappa shape index (κ3) is 4.90. The number of hydrogen-bond donors (Lipinski definition) is 2. The maximum absolute atomic E-state index is 11.7. The van der Waals surface area contributed by atoms with E-state index in [-0.39, 0.29) is 6.42 Å². The minimum absolute atomic E-state index is 0.0234. The molecule has 2 N–H and O–H groups in total. The van der Waals surface area contributed by atoms with Crippen LogP contribution >= 0.6 is 0 Å². The number of ether oxygens (including phenoxy) is 1. The first-order valence-electron chi connectivity index (χ1n) is 11.5. The van der Waals surface area contributed by atoms with Crippen LogP contribution in [0.25, 0.3) is 32.8 Å². The van der Waals surface area contributed by atoms with Crippen LogP contribution in [0, 0.1) is 13.8 Å². The number of aliphatic carboxylic acids is 1. The summed E-state index contributed by atoms with van der Waals surface area (Å²) in [5.41, 5.74) is 6.53. The van der Waals surface area contributed by atoms with E-state index in [1.807, 2.05) is 31.3 Å². The van der Waals surface area contributed by atoms with Crippen LogP contribution in [0.2, 0.25) is 0 Å². The Morgan fingerprint density at radius 1 is 1.09 bits per heavy atom. The Hall–Kier alpha value is -3.44. The van der Waals surface area contributed by atoms with Gasteiger partial charge in [-0.15, -0.1) is 0 Å². The monoisotopic (exact) mass is 457 g/mol. The molecule has 0 saturated carbocycles. The molecule has 0 bridgehead atoms. The quantitative estimate of drug-likeness (QED) is 0.394. The van der Waals surface area contributed by atoms with E-state index in [4.69, 9.17) is 14.8 Å². The van der Waals surface area contributed by atoms with Crippen molar-refractivity contribution in [2.24, 2.45) is 0 Å². The van der Waals surface area contributed by atoms with Crippen molar-refractivity contribution in [2.45, 2.75) is 53.1 Å². The second-order valence-corrected chi connectivity index (χ2v) is 9.92. The molecule has 1 aliphatic rings. The summed E-state index contributed by atoms with van der Waals surface area (Å²) in [6, 6.07) is 14.5. The fourth-order valence-corrected chi connectivity index (χ4v) is 4.50. The summed E-state index contributed by atoms with van der Waals surface area (Å²) in [7, 11) is 0. The van der Waals surface area contributed by atoms with E-state index in [1.54, 1.807) is 20.8 Å². The lowest BCUT2D eigenvalue weighted by atomic mass is 9.86. The highest BCUT2D eigenvalue weighted by Gasteiger charge is 2.22. The molecule has 5 nitrogen and oxygen atoms in total. The maximum Gasteiger partial charge on any atom is 0.307 e. The van der Waals surface area contributed by atoms with Crippen LogP contribution in [0.4, 0.5) is 0 Å². The van der Waals surface area contributed by atoms with Crippen molar-refractivity contribution < 1.29 is 19.7 Å². The third-order valence-corrected chi connectivity index (χ3v) is 5.79. The van der Waals surface area contributed by atoms with E-state index >= 15 is 0 Å². The SMILES string of the molecule is CC(C)(C)O.Cc1ccc2c(-c3ccc4c5c(ccnc35)CCO4)c(CC(=O)O)c(C)cc2c1. The van der Waals surface area contributed by atoms with Crippen molar-refractivity contribution >= 4 is 27.6 Å². The zero-order valence-corrected chi connectivity index (χ0v) is 20.4. The number of carbonyl (C=O) groups is 1. The number of nitrogens with zero attached hydrogens (tertiary/aromatic N) is 1. The summed E-state index contributed by atoms with van der Waals surface area (Å²) in [6.07, 6.45) is 2.67. The average Bonchev–Trinajstić information content (AvgIpc) is 2.74. The molecule has 3 aromatic carbocycles. The number of pyridine rings is 1. The lowest BCUT2D eigenvalue weighted by Crippen LogP contribution is -2.10. The second kappa shape index (κ2) is 9.07. The topological polar surface area (TPSA) is 79.7 Å². The van der Waals surface area contributed by atoms with Crippen LogP contribution in [-0.4, -0.2) is 33.4 Å². The van der Waals surface area contributed by atoms with Gasteiger partial charge in [0.15, 0.2) is 0 Å². The molecule has 0 fully saturated rings. The summed E-state index contributed by atoms with van der Waals surface area (Å²) < 4.78 is 5.87. The van der Waals surface area contributed by atoms with Gasteiger partial charge in [-0.3, -0.25) is 9.78 Å². The predicted molar refractivity (Wildman–Crippen MR) is 137 cm³/mol. The highest BCUT2D eigenvalue weighted by Crippen LogP contribution is 2.42. The number of carboxylic acids is 1. The molecule has 4 aromatic rings. The van der Waals surface area contributed by atoms with Gasteiger partial charge in [-0.05, 0) is 85.8 Å². The smallest absolute Gasteiger partial charge is 0.307 e. The minimum Gasteiger partial charge on any atom is -0.493 e. The van der Waals surface area contributed by atoms with Crippen molar-refractivity contribution in [1.82, 2.24) is 4.98 Å². The molecule has 0 atom stereocenters. The molecule has 0 amide bonds. The number of aliphatic hydroxyl groups is 1. The van der Waals surface area contributed by atoms with E-state index in [9.17, 15) is 9.90 Å². The van der Waals surface area contributed by atoms with Gasteiger partial charge in [0.1, 0.15) is 5.75 Å². The van der Waals surface area contributed by atoms with Crippen molar-refractivity contribution in [3.63, 3.8) is 0 Å². The molecule has 0 aliphatic carbocycles. The molecule has 0 radical (unpaired) electrons. The Bertz CT molecular complexity index is 1380. The number of hydrogen-bond acceptors (Lipinski definition) is 4. The van der Waals surface area contributed by atoms with E-state index in [0.29, 0.717) is 6.61 Å². The molecule has 0 spiro atoms. The van der Waals surface area contributed by atoms with Gasteiger partial charge in [0.2, 0.25) is 0 Å². The van der Waals surface area contributed by atoms with Crippen LogP contribution in [0.3, 0.4) is 0 Å². The molecule has 0 unspecified atom stereocenters. The van der Waals surface area contributed by atoms with Gasteiger partial charge in [-0.25, -0.2) is 0 Å². The summed E-state index contributed by atoms with van der Waals surface area (Å²) >= 11 is 0. The molecule has 176 valence electrons. The number of benzene rings is 3. The minimum atomic E-state index is -0.833. The Morgan fingerprint density at radius 3 is 2.53 bits per heavy atom. The first kappa shape index (κ1) is 23.7. The maximum atomic E-state index is 11.7. The Balaban J connectivity index is 0.000000499. The highest BCUT2D eigenvalue weighted by molar-refractivity contribution is 6.08. The summed E-state index contributed by atoms with van der Waals surface area (Å²) in [6.45, 7) is 9.96. The van der Waals surface area contributed by atoms with Gasteiger partial charge in [0.05, 0.1) is 24.1 Å². The zero-order valence-electron chi connectivity index (χ0n) is 20.4. The van der Waals surface area contributed by atoms with Crippen LogP contribution in [0.1, 0.15) is 43.0 Å². The van der Waals surface area contributed by atoms with Crippen LogP contribution in [-0.2, 0) is 17.6 Å². The van der Waals surface area contributed by atoms with Crippen molar-refractivity contribution in [1.29, 1.82) is 0 Å². The molecule has 34 heavy (non-hydrogen) atoms. The predicted octanol–water partition coefficient (Wildman–Crippen LogP) is 6.01. The number of carboxylic acid groups (broad SMARTS) is 1. The largest absolute Gasteiger partial charge is 0.493 e. The van der Waals surface area contributed by atoms with Gasteiger partial charge in [-0.1, -0.05) is 29.8 Å². The van der Waals surface area contributed by atoms with Crippen molar-refractivity contribution in [3.8, 4) is 16.9 Å². The molecule has 2 heterocycles. The fraction of sp³-hybridized carbons (Fsp3) is 0.310. The third-order valence-electron chi connectivity index (χ3n) is 5.79. The number of rotatable bonds is 3. The van der Waals surface area contributed by atoms with Crippen LogP contribution in [0.5, 0.6) is 5.75 Å². The molecule has 1 aromatic heterocycles. The van der Waals surface area contributed by atoms with Gasteiger partial charge < -0.3 is 14.9 Å². The standard InChI is InChI=1S/C25H21NO3.C4H10O/c1-14-3-4-18-17(11-14)12-15(2)20(13-22(27)28)24(18)19-5-6-21-23-16(8-10-29-21)7-9-26-25(19)23;1-4(2,3)5/h3-7,9,11-12H,8,10,13H2,1-2H3,(H,27,28);5H,1-3H3. The molecule has 1 aliphatic heterocycles. The number of fused-ring (bicyclic) bond motifs is 1. The molecular formula is C29H31NO4. The lowest BCUT2D eigenvalue weighted by molar-refractivity contribution is -0.136. The molecule has 5 rings (SSSR count). The fourth-order valence-electron chi connectivity index (χ4n) is 4.50. The van der Waals surface area contributed by atoms with E-state index < -0.39 is 11.6 Å². The van der Waals surface area contributed by atoms with Gasteiger partial charge in [-0.2, -0.15) is 0 Å².